The van der Waals surface area contributed by atoms with Crippen molar-refractivity contribution < 1.29 is 13.9 Å². The number of hydrogen-bond donors (Lipinski definition) is 2. The molecule has 1 heterocycles. The lowest BCUT2D eigenvalue weighted by atomic mass is 10.2. The number of halogens is 1. The molecule has 0 unspecified atom stereocenters. The van der Waals surface area contributed by atoms with Gasteiger partial charge in [-0.3, -0.25) is 4.79 Å². The first-order chi connectivity index (χ1) is 13.4. The van der Waals surface area contributed by atoms with Crippen molar-refractivity contribution in [2.24, 2.45) is 0 Å². The molecule has 0 saturated heterocycles. The van der Waals surface area contributed by atoms with Crippen molar-refractivity contribution in [3.8, 4) is 5.75 Å². The molecule has 0 fully saturated rings. The van der Waals surface area contributed by atoms with E-state index in [1.807, 2.05) is 19.9 Å². The zero-order valence-corrected chi connectivity index (χ0v) is 15.9. The first kappa shape index (κ1) is 19.3. The summed E-state index contributed by atoms with van der Waals surface area (Å²) < 4.78 is 19.6. The van der Waals surface area contributed by atoms with Gasteiger partial charge in [-0.05, 0) is 51.1 Å². The van der Waals surface area contributed by atoms with E-state index in [0.29, 0.717) is 17.1 Å². The first-order valence-electron chi connectivity index (χ1n) is 8.86. The Kier molecular flexibility index (Phi) is 5.84. The highest BCUT2D eigenvalue weighted by Gasteiger charge is 2.14. The average Bonchev–Trinajstić information content (AvgIpc) is 2.64. The van der Waals surface area contributed by atoms with Gasteiger partial charge in [-0.1, -0.05) is 24.3 Å². The van der Waals surface area contributed by atoms with E-state index in [2.05, 4.69) is 20.6 Å². The van der Waals surface area contributed by atoms with Crippen molar-refractivity contribution in [3.05, 3.63) is 71.8 Å². The van der Waals surface area contributed by atoms with E-state index in [9.17, 15) is 9.18 Å². The van der Waals surface area contributed by atoms with Crippen LogP contribution in [0.2, 0.25) is 0 Å². The van der Waals surface area contributed by atoms with E-state index in [0.717, 1.165) is 0 Å². The smallest absolute Gasteiger partial charge is 0.274 e. The van der Waals surface area contributed by atoms with Gasteiger partial charge in [0.2, 0.25) is 5.95 Å². The number of ether oxygens (including phenoxy) is 1. The molecule has 1 aromatic heterocycles. The van der Waals surface area contributed by atoms with Crippen molar-refractivity contribution in [2.75, 3.05) is 10.6 Å². The molecule has 3 aromatic rings. The molecular weight excluding hydrogens is 359 g/mol. The van der Waals surface area contributed by atoms with Crippen LogP contribution < -0.4 is 15.4 Å². The minimum absolute atomic E-state index is 0.0316. The number of carbonyl (C=O) groups excluding carboxylic acids is 1. The maximum Gasteiger partial charge on any atom is 0.274 e. The van der Waals surface area contributed by atoms with Crippen LogP contribution in [0.3, 0.4) is 0 Å². The summed E-state index contributed by atoms with van der Waals surface area (Å²) in [5.41, 5.74) is 1.51. The summed E-state index contributed by atoms with van der Waals surface area (Å²) in [7, 11) is 0. The molecule has 6 nitrogen and oxygen atoms in total. The number of amides is 1. The minimum Gasteiger partial charge on any atom is -0.489 e. The molecule has 0 saturated carbocycles. The molecule has 2 aromatic carbocycles. The van der Waals surface area contributed by atoms with E-state index in [-0.39, 0.29) is 23.4 Å². The number of anilines is 3. The number of rotatable bonds is 6. The number of hydrogen-bond acceptors (Lipinski definition) is 5. The highest BCUT2D eigenvalue weighted by Crippen LogP contribution is 2.25. The van der Waals surface area contributed by atoms with Gasteiger partial charge in [-0.2, -0.15) is 0 Å². The van der Waals surface area contributed by atoms with Crippen LogP contribution in [-0.4, -0.2) is 22.0 Å². The SMILES string of the molecule is Cc1cc(C(=O)Nc2ccccc2OC(C)C)nc(Nc2ccccc2F)n1. The van der Waals surface area contributed by atoms with Crippen molar-refractivity contribution in [2.45, 2.75) is 26.9 Å². The predicted octanol–water partition coefficient (Wildman–Crippen LogP) is 4.71. The van der Waals surface area contributed by atoms with Crippen molar-refractivity contribution in [1.29, 1.82) is 0 Å². The highest BCUT2D eigenvalue weighted by molar-refractivity contribution is 6.03. The third-order valence-electron chi connectivity index (χ3n) is 3.71. The van der Waals surface area contributed by atoms with E-state index in [1.165, 1.54) is 6.07 Å². The lowest BCUT2D eigenvalue weighted by Gasteiger charge is -2.15. The van der Waals surface area contributed by atoms with Crippen LogP contribution in [0.25, 0.3) is 0 Å². The molecule has 0 bridgehead atoms. The van der Waals surface area contributed by atoms with E-state index in [4.69, 9.17) is 4.74 Å². The molecule has 28 heavy (non-hydrogen) atoms. The molecule has 0 aliphatic carbocycles. The fraction of sp³-hybridized carbons (Fsp3) is 0.190. The molecule has 0 aliphatic rings. The number of nitrogens with zero attached hydrogens (tertiary/aromatic N) is 2. The van der Waals surface area contributed by atoms with Crippen molar-refractivity contribution in [1.82, 2.24) is 9.97 Å². The molecule has 0 spiro atoms. The molecule has 7 heteroatoms. The van der Waals surface area contributed by atoms with Gasteiger partial charge in [-0.25, -0.2) is 14.4 Å². The highest BCUT2D eigenvalue weighted by atomic mass is 19.1. The molecule has 3 rings (SSSR count). The number of aromatic nitrogens is 2. The molecule has 0 aliphatic heterocycles. The molecule has 0 atom stereocenters. The Balaban J connectivity index is 1.83. The second-order valence-corrected chi connectivity index (χ2v) is 6.44. The Morgan fingerprint density at radius 2 is 1.71 bits per heavy atom. The number of para-hydroxylation sites is 3. The van der Waals surface area contributed by atoms with Crippen molar-refractivity contribution in [3.63, 3.8) is 0 Å². The van der Waals surface area contributed by atoms with Gasteiger partial charge in [0, 0.05) is 5.69 Å². The van der Waals surface area contributed by atoms with Gasteiger partial charge < -0.3 is 15.4 Å². The summed E-state index contributed by atoms with van der Waals surface area (Å²) in [6.07, 6.45) is -0.0316. The largest absolute Gasteiger partial charge is 0.489 e. The quantitative estimate of drug-likeness (QED) is 0.648. The standard InChI is InChI=1S/C21H21FN4O2/c1-13(2)28-19-11-7-6-10-17(19)24-20(27)18-12-14(3)23-21(26-18)25-16-9-5-4-8-15(16)22/h4-13H,1-3H3,(H,24,27)(H,23,25,26). The van der Waals surface area contributed by atoms with E-state index < -0.39 is 11.7 Å². The summed E-state index contributed by atoms with van der Waals surface area (Å²) in [6.45, 7) is 5.56. The second kappa shape index (κ2) is 8.47. The van der Waals surface area contributed by atoms with Crippen molar-refractivity contribution >= 4 is 23.2 Å². The van der Waals surface area contributed by atoms with Crippen LogP contribution in [0.1, 0.15) is 30.0 Å². The maximum atomic E-state index is 13.9. The minimum atomic E-state index is -0.432. The maximum absolute atomic E-state index is 13.9. The van der Waals surface area contributed by atoms with Crippen LogP contribution in [0, 0.1) is 12.7 Å². The molecule has 1 amide bonds. The molecule has 2 N–H and O–H groups in total. The van der Waals surface area contributed by atoms with Gasteiger partial charge in [-0.15, -0.1) is 0 Å². The van der Waals surface area contributed by atoms with Crippen LogP contribution in [0.5, 0.6) is 5.75 Å². The van der Waals surface area contributed by atoms with Gasteiger partial charge in [0.15, 0.2) is 0 Å². The average molecular weight is 380 g/mol. The number of nitrogens with one attached hydrogen (secondary N) is 2. The van der Waals surface area contributed by atoms with Crippen LogP contribution in [-0.2, 0) is 0 Å². The zero-order chi connectivity index (χ0) is 20.1. The van der Waals surface area contributed by atoms with Crippen LogP contribution in [0.15, 0.2) is 54.6 Å². The third-order valence-corrected chi connectivity index (χ3v) is 3.71. The van der Waals surface area contributed by atoms with E-state index >= 15 is 0 Å². The fourth-order valence-electron chi connectivity index (χ4n) is 2.54. The Labute approximate surface area is 162 Å². The molecule has 144 valence electrons. The zero-order valence-electron chi connectivity index (χ0n) is 15.9. The lowest BCUT2D eigenvalue weighted by Crippen LogP contribution is -2.17. The summed E-state index contributed by atoms with van der Waals surface area (Å²) in [5.74, 6) is -0.136. The Morgan fingerprint density at radius 3 is 2.43 bits per heavy atom. The molecule has 0 radical (unpaired) electrons. The van der Waals surface area contributed by atoms with Crippen LogP contribution in [0.4, 0.5) is 21.7 Å². The number of carbonyl (C=O) groups is 1. The Morgan fingerprint density at radius 1 is 1.04 bits per heavy atom. The monoisotopic (exact) mass is 380 g/mol. The summed E-state index contributed by atoms with van der Waals surface area (Å²) in [6, 6.07) is 14.9. The lowest BCUT2D eigenvalue weighted by molar-refractivity contribution is 0.102. The summed E-state index contributed by atoms with van der Waals surface area (Å²) in [5, 5.41) is 5.61. The number of benzene rings is 2. The fourth-order valence-corrected chi connectivity index (χ4v) is 2.54. The Hall–Kier alpha value is -3.48. The topological polar surface area (TPSA) is 76.1 Å². The van der Waals surface area contributed by atoms with Gasteiger partial charge >= 0.3 is 0 Å². The normalized spacial score (nSPS) is 10.6. The third kappa shape index (κ3) is 4.82. The van der Waals surface area contributed by atoms with Gasteiger partial charge in [0.05, 0.1) is 17.5 Å². The van der Waals surface area contributed by atoms with Gasteiger partial charge in [0.25, 0.3) is 5.91 Å². The summed E-state index contributed by atoms with van der Waals surface area (Å²) >= 11 is 0. The summed E-state index contributed by atoms with van der Waals surface area (Å²) in [4.78, 5) is 21.2. The van der Waals surface area contributed by atoms with Gasteiger partial charge in [0.1, 0.15) is 17.3 Å². The predicted molar refractivity (Wildman–Crippen MR) is 107 cm³/mol. The molecular formula is C21H21FN4O2. The Bertz CT molecular complexity index is 992. The van der Waals surface area contributed by atoms with Crippen LogP contribution >= 0.6 is 0 Å². The number of aryl methyl sites for hydroxylation is 1. The first-order valence-corrected chi connectivity index (χ1v) is 8.86. The van der Waals surface area contributed by atoms with E-state index in [1.54, 1.807) is 49.4 Å². The second-order valence-electron chi connectivity index (χ2n) is 6.44.